The Morgan fingerprint density at radius 2 is 2.04 bits per heavy atom. The van der Waals surface area contributed by atoms with Crippen molar-refractivity contribution in [1.82, 2.24) is 30.4 Å². The zero-order chi connectivity index (χ0) is 19.6. The van der Waals surface area contributed by atoms with Crippen molar-refractivity contribution in [3.8, 4) is 0 Å². The largest absolute Gasteiger partial charge is 0.356 e. The second kappa shape index (κ2) is 11.3. The van der Waals surface area contributed by atoms with E-state index in [1.807, 2.05) is 6.92 Å². The first-order valence-corrected chi connectivity index (χ1v) is 11.5. The fourth-order valence-corrected chi connectivity index (χ4v) is 3.88. The molecule has 7 nitrogen and oxygen atoms in total. The van der Waals surface area contributed by atoms with Gasteiger partial charge >= 0.3 is 0 Å². The van der Waals surface area contributed by atoms with Crippen LogP contribution < -0.4 is 10.6 Å². The summed E-state index contributed by atoms with van der Waals surface area (Å²) in [6, 6.07) is 0. The molecular weight excluding hydrogens is 378 g/mol. The number of aromatic nitrogens is 4. The molecule has 0 fully saturated rings. The summed E-state index contributed by atoms with van der Waals surface area (Å²) in [5.74, 6) is 2.47. The number of nitrogens with zero attached hydrogens (tertiary/aromatic N) is 5. The summed E-state index contributed by atoms with van der Waals surface area (Å²) in [5, 5.41) is 19.6. The monoisotopic (exact) mass is 409 g/mol. The number of aliphatic imine (C=N–C) groups is 1. The number of rotatable bonds is 10. The number of guanidine groups is 1. The number of hydrogen-bond donors (Lipinski definition) is 2. The predicted molar refractivity (Wildman–Crippen MR) is 115 cm³/mol. The molecular formula is C18H31N7S2. The summed E-state index contributed by atoms with van der Waals surface area (Å²) >= 11 is 3.35. The van der Waals surface area contributed by atoms with Crippen LogP contribution in [0.4, 0.5) is 0 Å². The zero-order valence-electron chi connectivity index (χ0n) is 16.9. The molecule has 0 unspecified atom stereocenters. The molecule has 2 aromatic rings. The van der Waals surface area contributed by atoms with E-state index in [0.717, 1.165) is 66.5 Å². The number of thioether (sulfide) groups is 1. The topological polar surface area (TPSA) is 80.0 Å². The van der Waals surface area contributed by atoms with E-state index in [2.05, 4.69) is 60.9 Å². The lowest BCUT2D eigenvalue weighted by molar-refractivity contribution is 0.477. The van der Waals surface area contributed by atoms with Crippen molar-refractivity contribution in [3.63, 3.8) is 0 Å². The minimum atomic E-state index is 0.577. The van der Waals surface area contributed by atoms with E-state index in [9.17, 15) is 0 Å². The van der Waals surface area contributed by atoms with Crippen molar-refractivity contribution in [2.45, 2.75) is 51.7 Å². The maximum atomic E-state index is 4.48. The highest BCUT2D eigenvalue weighted by molar-refractivity contribution is 7.98. The Balaban J connectivity index is 1.72. The highest BCUT2D eigenvalue weighted by Gasteiger charge is 2.12. The van der Waals surface area contributed by atoms with Gasteiger partial charge in [0.25, 0.3) is 0 Å². The Morgan fingerprint density at radius 3 is 2.67 bits per heavy atom. The summed E-state index contributed by atoms with van der Waals surface area (Å²) in [5.41, 5.74) is 1.13. The van der Waals surface area contributed by atoms with Gasteiger partial charge in [0.1, 0.15) is 5.82 Å². The SMILES string of the molecule is CN=C(NCCCc1nnc(SC)n1CC(C)C)NCCc1csc(C)n1. The summed E-state index contributed by atoms with van der Waals surface area (Å²) in [6.07, 6.45) is 4.84. The molecule has 0 saturated heterocycles. The summed E-state index contributed by atoms with van der Waals surface area (Å²) < 4.78 is 2.25. The van der Waals surface area contributed by atoms with Crippen molar-refractivity contribution < 1.29 is 0 Å². The Morgan fingerprint density at radius 1 is 1.26 bits per heavy atom. The van der Waals surface area contributed by atoms with E-state index >= 15 is 0 Å². The van der Waals surface area contributed by atoms with Gasteiger partial charge in [0, 0.05) is 44.9 Å². The first-order chi connectivity index (χ1) is 13.0. The van der Waals surface area contributed by atoms with Gasteiger partial charge in [-0.15, -0.1) is 21.5 Å². The van der Waals surface area contributed by atoms with Crippen LogP contribution in [0.25, 0.3) is 0 Å². The summed E-state index contributed by atoms with van der Waals surface area (Å²) in [6.45, 7) is 9.11. The first kappa shape index (κ1) is 21.7. The van der Waals surface area contributed by atoms with Crippen molar-refractivity contribution in [1.29, 1.82) is 0 Å². The van der Waals surface area contributed by atoms with E-state index in [1.54, 1.807) is 30.1 Å². The van der Waals surface area contributed by atoms with Gasteiger partial charge in [-0.25, -0.2) is 4.98 Å². The molecule has 0 spiro atoms. The quantitative estimate of drug-likeness (QED) is 0.272. The summed E-state index contributed by atoms with van der Waals surface area (Å²) in [4.78, 5) is 8.76. The lowest BCUT2D eigenvalue weighted by atomic mass is 10.2. The van der Waals surface area contributed by atoms with Crippen LogP contribution in [0.15, 0.2) is 15.5 Å². The van der Waals surface area contributed by atoms with Crippen LogP contribution >= 0.6 is 23.1 Å². The third-order valence-corrected chi connectivity index (χ3v) is 5.45. The van der Waals surface area contributed by atoms with Crippen LogP contribution in [0.1, 0.15) is 36.8 Å². The molecule has 0 bridgehead atoms. The Hall–Kier alpha value is -1.61. The molecule has 0 amide bonds. The molecule has 2 heterocycles. The average Bonchev–Trinajstić information content (AvgIpc) is 3.22. The van der Waals surface area contributed by atoms with Crippen molar-refractivity contribution in [3.05, 3.63) is 21.9 Å². The molecule has 2 N–H and O–H groups in total. The van der Waals surface area contributed by atoms with Crippen LogP contribution in [0.2, 0.25) is 0 Å². The van der Waals surface area contributed by atoms with Crippen LogP contribution in [0.3, 0.4) is 0 Å². The molecule has 2 aromatic heterocycles. The maximum Gasteiger partial charge on any atom is 0.190 e. The molecule has 0 saturated carbocycles. The standard InChI is InChI=1S/C18H31N7S2/c1-13(2)11-25-16(23-24-18(25)26-5)7-6-9-20-17(19-4)21-10-8-15-12-27-14(3)22-15/h12-13H,6-11H2,1-5H3,(H2,19,20,21). The lowest BCUT2D eigenvalue weighted by Gasteiger charge is -2.13. The van der Waals surface area contributed by atoms with Gasteiger partial charge in [0.2, 0.25) is 0 Å². The van der Waals surface area contributed by atoms with E-state index in [0.29, 0.717) is 5.92 Å². The third-order valence-electron chi connectivity index (χ3n) is 3.96. The van der Waals surface area contributed by atoms with E-state index < -0.39 is 0 Å². The molecule has 27 heavy (non-hydrogen) atoms. The molecule has 0 aliphatic heterocycles. The van der Waals surface area contributed by atoms with Crippen molar-refractivity contribution >= 4 is 29.1 Å². The normalized spacial score (nSPS) is 12.0. The molecule has 0 radical (unpaired) electrons. The third kappa shape index (κ3) is 7.14. The van der Waals surface area contributed by atoms with Gasteiger partial charge in [-0.2, -0.15) is 0 Å². The predicted octanol–water partition coefficient (Wildman–Crippen LogP) is 2.76. The van der Waals surface area contributed by atoms with Gasteiger partial charge in [0.15, 0.2) is 11.1 Å². The lowest BCUT2D eigenvalue weighted by Crippen LogP contribution is -2.38. The Labute approximate surface area is 170 Å². The molecule has 0 aliphatic rings. The maximum absolute atomic E-state index is 4.48. The van der Waals surface area contributed by atoms with Crippen molar-refractivity contribution in [2.75, 3.05) is 26.4 Å². The minimum Gasteiger partial charge on any atom is -0.356 e. The van der Waals surface area contributed by atoms with Gasteiger partial charge in [-0.1, -0.05) is 25.6 Å². The number of aryl methyl sites for hydroxylation is 2. The number of nitrogens with one attached hydrogen (secondary N) is 2. The molecule has 9 heteroatoms. The molecule has 0 aliphatic carbocycles. The number of thiazole rings is 1. The van der Waals surface area contributed by atoms with E-state index in [-0.39, 0.29) is 0 Å². The summed E-state index contributed by atoms with van der Waals surface area (Å²) in [7, 11) is 1.80. The minimum absolute atomic E-state index is 0.577. The smallest absolute Gasteiger partial charge is 0.190 e. The molecule has 0 atom stereocenters. The molecule has 0 aromatic carbocycles. The van der Waals surface area contributed by atoms with Gasteiger partial charge in [-0.3, -0.25) is 4.99 Å². The van der Waals surface area contributed by atoms with Crippen molar-refractivity contribution in [2.24, 2.45) is 10.9 Å². The van der Waals surface area contributed by atoms with Gasteiger partial charge in [-0.05, 0) is 25.5 Å². The second-order valence-electron chi connectivity index (χ2n) is 6.74. The Kier molecular flexibility index (Phi) is 9.06. The van der Waals surface area contributed by atoms with Gasteiger partial charge in [0.05, 0.1) is 10.7 Å². The van der Waals surface area contributed by atoms with Crippen LogP contribution in [0.5, 0.6) is 0 Å². The van der Waals surface area contributed by atoms with Crippen LogP contribution in [-0.4, -0.2) is 52.1 Å². The average molecular weight is 410 g/mol. The first-order valence-electron chi connectivity index (χ1n) is 9.35. The van der Waals surface area contributed by atoms with E-state index in [1.165, 1.54) is 0 Å². The molecule has 150 valence electrons. The van der Waals surface area contributed by atoms with E-state index in [4.69, 9.17) is 0 Å². The fraction of sp³-hybridized carbons (Fsp3) is 0.667. The Bertz CT molecular complexity index is 721. The second-order valence-corrected chi connectivity index (χ2v) is 8.58. The van der Waals surface area contributed by atoms with Gasteiger partial charge < -0.3 is 15.2 Å². The van der Waals surface area contributed by atoms with Crippen LogP contribution in [-0.2, 0) is 19.4 Å². The number of hydrogen-bond acceptors (Lipinski definition) is 6. The fourth-order valence-electron chi connectivity index (χ4n) is 2.71. The highest BCUT2D eigenvalue weighted by atomic mass is 32.2. The molecule has 2 rings (SSSR count). The zero-order valence-corrected chi connectivity index (χ0v) is 18.6. The van der Waals surface area contributed by atoms with Crippen LogP contribution in [0, 0.1) is 12.8 Å². The highest BCUT2D eigenvalue weighted by Crippen LogP contribution is 2.16.